The zero-order valence-corrected chi connectivity index (χ0v) is 13.2. The van der Waals surface area contributed by atoms with Crippen molar-refractivity contribution in [3.05, 3.63) is 59.7 Å². The number of urea groups is 1. The summed E-state index contributed by atoms with van der Waals surface area (Å²) in [6, 6.07) is 15.3. The van der Waals surface area contributed by atoms with Crippen molar-refractivity contribution < 1.29 is 9.53 Å². The lowest BCUT2D eigenvalue weighted by Crippen LogP contribution is -2.28. The minimum absolute atomic E-state index is 0.212. The summed E-state index contributed by atoms with van der Waals surface area (Å²) in [5.41, 5.74) is 2.96. The van der Waals surface area contributed by atoms with Crippen molar-refractivity contribution in [3.63, 3.8) is 0 Å². The van der Waals surface area contributed by atoms with Gasteiger partial charge in [0.1, 0.15) is 5.75 Å². The molecule has 0 saturated heterocycles. The minimum atomic E-state index is -0.212. The Balaban J connectivity index is 1.96. The lowest BCUT2D eigenvalue weighted by atomic mass is 10.0. The SMILES string of the molecule is COc1cccc(CNC(=O)Nc2ccccc2C(C)C)c1. The number of methoxy groups -OCH3 is 1. The molecule has 2 aromatic rings. The molecule has 0 spiro atoms. The van der Waals surface area contributed by atoms with Gasteiger partial charge in [-0.3, -0.25) is 0 Å². The topological polar surface area (TPSA) is 50.4 Å². The van der Waals surface area contributed by atoms with Crippen LogP contribution in [0.2, 0.25) is 0 Å². The molecule has 0 saturated carbocycles. The average Bonchev–Trinajstić information content (AvgIpc) is 2.53. The summed E-state index contributed by atoms with van der Waals surface area (Å²) in [6.07, 6.45) is 0. The van der Waals surface area contributed by atoms with Crippen LogP contribution in [0.1, 0.15) is 30.9 Å². The van der Waals surface area contributed by atoms with Crippen molar-refractivity contribution >= 4 is 11.7 Å². The summed E-state index contributed by atoms with van der Waals surface area (Å²) in [4.78, 5) is 12.1. The molecule has 0 aliphatic heterocycles. The Morgan fingerprint density at radius 1 is 1.14 bits per heavy atom. The molecule has 0 aromatic heterocycles. The van der Waals surface area contributed by atoms with Crippen molar-refractivity contribution in [1.29, 1.82) is 0 Å². The molecule has 2 amide bonds. The Labute approximate surface area is 131 Å². The molecule has 22 heavy (non-hydrogen) atoms. The Bertz CT molecular complexity index is 638. The molecule has 0 bridgehead atoms. The van der Waals surface area contributed by atoms with E-state index in [9.17, 15) is 4.79 Å². The first-order chi connectivity index (χ1) is 10.6. The van der Waals surface area contributed by atoms with E-state index >= 15 is 0 Å². The van der Waals surface area contributed by atoms with E-state index in [0.29, 0.717) is 12.5 Å². The largest absolute Gasteiger partial charge is 0.497 e. The Hall–Kier alpha value is -2.49. The number of ether oxygens (including phenoxy) is 1. The summed E-state index contributed by atoms with van der Waals surface area (Å²) in [7, 11) is 1.63. The molecular weight excluding hydrogens is 276 g/mol. The number of amides is 2. The number of nitrogens with one attached hydrogen (secondary N) is 2. The standard InChI is InChI=1S/C18H22N2O2/c1-13(2)16-9-4-5-10-17(16)20-18(21)19-12-14-7-6-8-15(11-14)22-3/h4-11,13H,12H2,1-3H3,(H2,19,20,21). The third kappa shape index (κ3) is 4.25. The van der Waals surface area contributed by atoms with Crippen molar-refractivity contribution in [2.24, 2.45) is 0 Å². The van der Waals surface area contributed by atoms with E-state index in [-0.39, 0.29) is 6.03 Å². The first kappa shape index (κ1) is 15.9. The van der Waals surface area contributed by atoms with Gasteiger partial charge in [-0.2, -0.15) is 0 Å². The van der Waals surface area contributed by atoms with E-state index in [2.05, 4.69) is 24.5 Å². The van der Waals surface area contributed by atoms with Crippen LogP contribution in [0.15, 0.2) is 48.5 Å². The molecule has 2 N–H and O–H groups in total. The van der Waals surface area contributed by atoms with Gasteiger partial charge in [-0.05, 0) is 35.2 Å². The molecular formula is C18H22N2O2. The van der Waals surface area contributed by atoms with Crippen LogP contribution in [0.5, 0.6) is 5.75 Å². The van der Waals surface area contributed by atoms with E-state index in [1.54, 1.807) is 7.11 Å². The summed E-state index contributed by atoms with van der Waals surface area (Å²) < 4.78 is 5.17. The van der Waals surface area contributed by atoms with E-state index in [0.717, 1.165) is 22.6 Å². The number of carbonyl (C=O) groups is 1. The quantitative estimate of drug-likeness (QED) is 0.871. The monoisotopic (exact) mass is 298 g/mol. The Morgan fingerprint density at radius 3 is 2.64 bits per heavy atom. The van der Waals surface area contributed by atoms with E-state index in [1.165, 1.54) is 0 Å². The van der Waals surface area contributed by atoms with Crippen LogP contribution in [-0.4, -0.2) is 13.1 Å². The van der Waals surface area contributed by atoms with Crippen molar-refractivity contribution in [2.75, 3.05) is 12.4 Å². The highest BCUT2D eigenvalue weighted by atomic mass is 16.5. The normalized spacial score (nSPS) is 10.4. The molecule has 0 radical (unpaired) electrons. The van der Waals surface area contributed by atoms with Gasteiger partial charge < -0.3 is 15.4 Å². The molecule has 116 valence electrons. The van der Waals surface area contributed by atoms with Gasteiger partial charge in [0.05, 0.1) is 7.11 Å². The first-order valence-electron chi connectivity index (χ1n) is 7.37. The van der Waals surface area contributed by atoms with Crippen LogP contribution in [0.4, 0.5) is 10.5 Å². The number of hydrogen-bond donors (Lipinski definition) is 2. The third-order valence-electron chi connectivity index (χ3n) is 3.42. The second kappa shape index (κ2) is 7.50. The van der Waals surface area contributed by atoms with Crippen LogP contribution >= 0.6 is 0 Å². The average molecular weight is 298 g/mol. The van der Waals surface area contributed by atoms with Crippen molar-refractivity contribution in [2.45, 2.75) is 26.3 Å². The molecule has 4 nitrogen and oxygen atoms in total. The summed E-state index contributed by atoms with van der Waals surface area (Å²) in [5, 5.41) is 5.77. The number of anilines is 1. The van der Waals surface area contributed by atoms with Gasteiger partial charge in [-0.1, -0.05) is 44.2 Å². The lowest BCUT2D eigenvalue weighted by Gasteiger charge is -2.14. The van der Waals surface area contributed by atoms with Crippen LogP contribution < -0.4 is 15.4 Å². The number of carbonyl (C=O) groups excluding carboxylic acids is 1. The highest BCUT2D eigenvalue weighted by Gasteiger charge is 2.08. The van der Waals surface area contributed by atoms with Gasteiger partial charge in [0.15, 0.2) is 0 Å². The van der Waals surface area contributed by atoms with Gasteiger partial charge >= 0.3 is 6.03 Å². The zero-order valence-electron chi connectivity index (χ0n) is 13.2. The summed E-state index contributed by atoms with van der Waals surface area (Å²) in [6.45, 7) is 4.66. The maximum absolute atomic E-state index is 12.1. The predicted octanol–water partition coefficient (Wildman–Crippen LogP) is 4.14. The third-order valence-corrected chi connectivity index (χ3v) is 3.42. The summed E-state index contributed by atoms with van der Waals surface area (Å²) in [5.74, 6) is 1.14. The lowest BCUT2D eigenvalue weighted by molar-refractivity contribution is 0.251. The number of benzene rings is 2. The smallest absolute Gasteiger partial charge is 0.319 e. The minimum Gasteiger partial charge on any atom is -0.497 e. The Morgan fingerprint density at radius 2 is 1.91 bits per heavy atom. The van der Waals surface area contributed by atoms with Gasteiger partial charge in [0.25, 0.3) is 0 Å². The van der Waals surface area contributed by atoms with E-state index in [1.807, 2.05) is 48.5 Å². The van der Waals surface area contributed by atoms with Crippen LogP contribution in [-0.2, 0) is 6.54 Å². The maximum Gasteiger partial charge on any atom is 0.319 e. The van der Waals surface area contributed by atoms with Crippen molar-refractivity contribution in [3.8, 4) is 5.75 Å². The second-order valence-corrected chi connectivity index (χ2v) is 5.40. The van der Waals surface area contributed by atoms with Gasteiger partial charge in [-0.15, -0.1) is 0 Å². The van der Waals surface area contributed by atoms with E-state index in [4.69, 9.17) is 4.74 Å². The molecule has 2 rings (SSSR count). The molecule has 4 heteroatoms. The second-order valence-electron chi connectivity index (χ2n) is 5.40. The number of rotatable bonds is 5. The van der Waals surface area contributed by atoms with Gasteiger partial charge in [-0.25, -0.2) is 4.79 Å². The number of hydrogen-bond acceptors (Lipinski definition) is 2. The molecule has 0 atom stereocenters. The predicted molar refractivity (Wildman–Crippen MR) is 89.4 cm³/mol. The highest BCUT2D eigenvalue weighted by molar-refractivity contribution is 5.90. The first-order valence-corrected chi connectivity index (χ1v) is 7.37. The molecule has 0 aliphatic carbocycles. The van der Waals surface area contributed by atoms with Crippen LogP contribution in [0.25, 0.3) is 0 Å². The molecule has 0 heterocycles. The van der Waals surface area contributed by atoms with Gasteiger partial charge in [0, 0.05) is 12.2 Å². The Kier molecular flexibility index (Phi) is 5.42. The zero-order chi connectivity index (χ0) is 15.9. The molecule has 0 aliphatic rings. The number of para-hydroxylation sites is 1. The fourth-order valence-electron chi connectivity index (χ4n) is 2.25. The van der Waals surface area contributed by atoms with Crippen LogP contribution in [0.3, 0.4) is 0 Å². The summed E-state index contributed by atoms with van der Waals surface area (Å²) >= 11 is 0. The fourth-order valence-corrected chi connectivity index (χ4v) is 2.25. The molecule has 0 fully saturated rings. The molecule has 2 aromatic carbocycles. The van der Waals surface area contributed by atoms with Crippen molar-refractivity contribution in [1.82, 2.24) is 5.32 Å². The van der Waals surface area contributed by atoms with E-state index < -0.39 is 0 Å². The fraction of sp³-hybridized carbons (Fsp3) is 0.278. The van der Waals surface area contributed by atoms with Crippen LogP contribution in [0, 0.1) is 0 Å². The highest BCUT2D eigenvalue weighted by Crippen LogP contribution is 2.23. The molecule has 0 unspecified atom stereocenters. The maximum atomic E-state index is 12.1. The van der Waals surface area contributed by atoms with Gasteiger partial charge in [0.2, 0.25) is 0 Å².